The van der Waals surface area contributed by atoms with Gasteiger partial charge in [0.25, 0.3) is 0 Å². The lowest BCUT2D eigenvalue weighted by atomic mass is 9.97. The SMILES string of the molecule is Cc1ccnc(C(Cc2cccc3ccccc23)NN)c1. The van der Waals surface area contributed by atoms with Crippen molar-refractivity contribution in [3.8, 4) is 0 Å². The largest absolute Gasteiger partial charge is 0.271 e. The standard InChI is InChI=1S/C18H19N3/c1-13-9-10-20-17(11-13)18(21-19)12-15-7-4-6-14-5-2-3-8-16(14)15/h2-11,18,21H,12,19H2,1H3. The fourth-order valence-corrected chi connectivity index (χ4v) is 2.69. The van der Waals surface area contributed by atoms with Crippen LogP contribution >= 0.6 is 0 Å². The van der Waals surface area contributed by atoms with Crippen LogP contribution in [0.3, 0.4) is 0 Å². The van der Waals surface area contributed by atoms with E-state index in [4.69, 9.17) is 5.84 Å². The molecule has 0 fully saturated rings. The average Bonchev–Trinajstić information content (AvgIpc) is 2.52. The van der Waals surface area contributed by atoms with E-state index in [1.54, 1.807) is 0 Å². The minimum absolute atomic E-state index is 0.00991. The molecule has 1 atom stereocenters. The fraction of sp³-hybridized carbons (Fsp3) is 0.167. The summed E-state index contributed by atoms with van der Waals surface area (Å²) in [6.45, 7) is 2.07. The van der Waals surface area contributed by atoms with Crippen LogP contribution in [-0.4, -0.2) is 4.98 Å². The second-order valence-electron chi connectivity index (χ2n) is 5.32. The van der Waals surface area contributed by atoms with Gasteiger partial charge in [0.15, 0.2) is 0 Å². The molecular weight excluding hydrogens is 258 g/mol. The molecule has 3 nitrogen and oxygen atoms in total. The van der Waals surface area contributed by atoms with Gasteiger partial charge in [-0.25, -0.2) is 0 Å². The van der Waals surface area contributed by atoms with Crippen molar-refractivity contribution < 1.29 is 0 Å². The molecule has 0 saturated heterocycles. The van der Waals surface area contributed by atoms with E-state index < -0.39 is 0 Å². The van der Waals surface area contributed by atoms with Crippen molar-refractivity contribution in [1.29, 1.82) is 0 Å². The number of aromatic nitrogens is 1. The molecule has 3 aromatic rings. The number of fused-ring (bicyclic) bond motifs is 1. The Morgan fingerprint density at radius 2 is 1.90 bits per heavy atom. The molecule has 0 radical (unpaired) electrons. The highest BCUT2D eigenvalue weighted by atomic mass is 15.2. The van der Waals surface area contributed by atoms with Crippen molar-refractivity contribution in [2.24, 2.45) is 5.84 Å². The van der Waals surface area contributed by atoms with Crippen LogP contribution in [0.5, 0.6) is 0 Å². The summed E-state index contributed by atoms with van der Waals surface area (Å²) < 4.78 is 0. The van der Waals surface area contributed by atoms with Gasteiger partial charge in [0, 0.05) is 6.20 Å². The maximum Gasteiger partial charge on any atom is 0.0672 e. The Labute approximate surface area is 124 Å². The number of nitrogens with zero attached hydrogens (tertiary/aromatic N) is 1. The van der Waals surface area contributed by atoms with Gasteiger partial charge in [-0.3, -0.25) is 16.3 Å². The zero-order valence-corrected chi connectivity index (χ0v) is 12.1. The summed E-state index contributed by atoms with van der Waals surface area (Å²) in [6, 6.07) is 18.9. The Balaban J connectivity index is 1.96. The molecule has 0 spiro atoms. The summed E-state index contributed by atoms with van der Waals surface area (Å²) in [4.78, 5) is 4.44. The number of nitrogens with one attached hydrogen (secondary N) is 1. The van der Waals surface area contributed by atoms with E-state index in [1.807, 2.05) is 12.3 Å². The lowest BCUT2D eigenvalue weighted by molar-refractivity contribution is 0.539. The molecule has 0 aliphatic heterocycles. The predicted octanol–water partition coefficient (Wildman–Crippen LogP) is 3.29. The molecule has 2 aromatic carbocycles. The van der Waals surface area contributed by atoms with E-state index in [1.165, 1.54) is 21.9 Å². The molecule has 0 aliphatic carbocycles. The Morgan fingerprint density at radius 1 is 1.10 bits per heavy atom. The van der Waals surface area contributed by atoms with E-state index in [-0.39, 0.29) is 6.04 Å². The topological polar surface area (TPSA) is 50.9 Å². The number of aryl methyl sites for hydroxylation is 1. The highest BCUT2D eigenvalue weighted by molar-refractivity contribution is 5.85. The molecule has 1 heterocycles. The van der Waals surface area contributed by atoms with Crippen LogP contribution in [0.4, 0.5) is 0 Å². The van der Waals surface area contributed by atoms with Gasteiger partial charge in [-0.05, 0) is 47.4 Å². The minimum Gasteiger partial charge on any atom is -0.271 e. The van der Waals surface area contributed by atoms with Gasteiger partial charge in [-0.15, -0.1) is 0 Å². The molecule has 21 heavy (non-hydrogen) atoms. The van der Waals surface area contributed by atoms with Gasteiger partial charge in [-0.1, -0.05) is 42.5 Å². The molecule has 1 aromatic heterocycles. The molecule has 3 rings (SSSR count). The molecule has 3 N–H and O–H groups in total. The van der Waals surface area contributed by atoms with Crippen LogP contribution in [0.1, 0.15) is 22.9 Å². The third kappa shape index (κ3) is 2.94. The summed E-state index contributed by atoms with van der Waals surface area (Å²) in [5, 5.41) is 2.52. The van der Waals surface area contributed by atoms with Crippen LogP contribution in [0.2, 0.25) is 0 Å². The summed E-state index contributed by atoms with van der Waals surface area (Å²) in [6.07, 6.45) is 2.65. The number of hydrogen-bond donors (Lipinski definition) is 2. The lowest BCUT2D eigenvalue weighted by Gasteiger charge is -2.17. The second kappa shape index (κ2) is 6.04. The number of hydrogen-bond acceptors (Lipinski definition) is 3. The van der Waals surface area contributed by atoms with Crippen LogP contribution < -0.4 is 11.3 Å². The van der Waals surface area contributed by atoms with Crippen molar-refractivity contribution in [2.45, 2.75) is 19.4 Å². The van der Waals surface area contributed by atoms with Gasteiger partial charge < -0.3 is 0 Å². The van der Waals surface area contributed by atoms with Gasteiger partial charge >= 0.3 is 0 Å². The lowest BCUT2D eigenvalue weighted by Crippen LogP contribution is -2.30. The Morgan fingerprint density at radius 3 is 2.71 bits per heavy atom. The van der Waals surface area contributed by atoms with Crippen LogP contribution in [0, 0.1) is 6.92 Å². The molecule has 0 bridgehead atoms. The van der Waals surface area contributed by atoms with Crippen LogP contribution in [0.15, 0.2) is 60.8 Å². The Hall–Kier alpha value is -2.23. The average molecular weight is 277 g/mol. The summed E-state index contributed by atoms with van der Waals surface area (Å²) in [7, 11) is 0. The van der Waals surface area contributed by atoms with Gasteiger partial charge in [-0.2, -0.15) is 0 Å². The van der Waals surface area contributed by atoms with Crippen molar-refractivity contribution in [3.63, 3.8) is 0 Å². The third-order valence-electron chi connectivity index (χ3n) is 3.80. The molecule has 0 saturated carbocycles. The summed E-state index contributed by atoms with van der Waals surface area (Å²) in [5.41, 5.74) is 6.34. The Kier molecular flexibility index (Phi) is 3.95. The van der Waals surface area contributed by atoms with Crippen molar-refractivity contribution in [2.75, 3.05) is 0 Å². The first-order valence-corrected chi connectivity index (χ1v) is 7.13. The van der Waals surface area contributed by atoms with E-state index in [0.717, 1.165) is 12.1 Å². The first-order chi connectivity index (χ1) is 10.3. The highest BCUT2D eigenvalue weighted by Gasteiger charge is 2.13. The van der Waals surface area contributed by atoms with E-state index in [9.17, 15) is 0 Å². The molecular formula is C18H19N3. The maximum absolute atomic E-state index is 5.76. The van der Waals surface area contributed by atoms with Crippen molar-refractivity contribution >= 4 is 10.8 Å². The minimum atomic E-state index is 0.00991. The van der Waals surface area contributed by atoms with E-state index >= 15 is 0 Å². The number of nitrogens with two attached hydrogens (primary N) is 1. The monoisotopic (exact) mass is 277 g/mol. The maximum atomic E-state index is 5.76. The quantitative estimate of drug-likeness (QED) is 0.568. The fourth-order valence-electron chi connectivity index (χ4n) is 2.69. The van der Waals surface area contributed by atoms with Gasteiger partial charge in [0.2, 0.25) is 0 Å². The number of hydrazine groups is 1. The molecule has 3 heteroatoms. The summed E-state index contributed by atoms with van der Waals surface area (Å²) >= 11 is 0. The number of rotatable bonds is 4. The van der Waals surface area contributed by atoms with Crippen LogP contribution in [-0.2, 0) is 6.42 Å². The first kappa shape index (κ1) is 13.7. The third-order valence-corrected chi connectivity index (χ3v) is 3.80. The molecule has 0 aliphatic rings. The molecule has 1 unspecified atom stereocenters. The number of benzene rings is 2. The zero-order chi connectivity index (χ0) is 14.7. The molecule has 0 amide bonds. The molecule has 106 valence electrons. The van der Waals surface area contributed by atoms with E-state index in [0.29, 0.717) is 0 Å². The summed E-state index contributed by atoms with van der Waals surface area (Å²) in [5.74, 6) is 5.76. The van der Waals surface area contributed by atoms with E-state index in [2.05, 4.69) is 65.9 Å². The van der Waals surface area contributed by atoms with Gasteiger partial charge in [0.05, 0.1) is 11.7 Å². The van der Waals surface area contributed by atoms with Gasteiger partial charge in [0.1, 0.15) is 0 Å². The smallest absolute Gasteiger partial charge is 0.0672 e. The number of pyridine rings is 1. The van der Waals surface area contributed by atoms with Crippen molar-refractivity contribution in [1.82, 2.24) is 10.4 Å². The highest BCUT2D eigenvalue weighted by Crippen LogP contribution is 2.23. The normalized spacial score (nSPS) is 12.5. The van der Waals surface area contributed by atoms with Crippen molar-refractivity contribution in [3.05, 3.63) is 77.6 Å². The predicted molar refractivity (Wildman–Crippen MR) is 86.7 cm³/mol. The van der Waals surface area contributed by atoms with Crippen LogP contribution in [0.25, 0.3) is 10.8 Å². The Bertz CT molecular complexity index is 747. The zero-order valence-electron chi connectivity index (χ0n) is 12.1. The second-order valence-corrected chi connectivity index (χ2v) is 5.32. The first-order valence-electron chi connectivity index (χ1n) is 7.13.